The molecule has 15 heteroatoms. The number of aromatic amines is 1. The molecule has 6 N–H and O–H groups in total. The number of aliphatic hydroxyl groups excluding tert-OH is 2. The highest BCUT2D eigenvalue weighted by Gasteiger charge is 2.47. The van der Waals surface area contributed by atoms with Crippen LogP contribution < -0.4 is 20.8 Å². The predicted octanol–water partition coefficient (Wildman–Crippen LogP) is -2.12. The smallest absolute Gasteiger partial charge is 0.313 e. The van der Waals surface area contributed by atoms with Crippen molar-refractivity contribution in [1.82, 2.24) is 14.5 Å². The Bertz CT molecular complexity index is 1260. The van der Waals surface area contributed by atoms with Gasteiger partial charge in [0.2, 0.25) is 11.7 Å². The van der Waals surface area contributed by atoms with Crippen molar-refractivity contribution in [3.63, 3.8) is 0 Å². The highest BCUT2D eigenvalue weighted by Crippen LogP contribution is 2.34. The van der Waals surface area contributed by atoms with Gasteiger partial charge < -0.3 is 35.0 Å². The van der Waals surface area contributed by atoms with Crippen LogP contribution in [-0.2, 0) is 20.4 Å². The second kappa shape index (κ2) is 8.33. The molecular weight excluding hydrogens is 452 g/mol. The first-order chi connectivity index (χ1) is 15.0. The van der Waals surface area contributed by atoms with E-state index in [0.29, 0.717) is 0 Å². The fourth-order valence-electron chi connectivity index (χ4n) is 3.55. The second-order valence-electron chi connectivity index (χ2n) is 7.18. The van der Waals surface area contributed by atoms with Gasteiger partial charge in [0.25, 0.3) is 19.3 Å². The molecule has 1 saturated heterocycles. The molecule has 3 heterocycles. The summed E-state index contributed by atoms with van der Waals surface area (Å²) in [5.41, 5.74) is 5.24. The fourth-order valence-corrected chi connectivity index (χ4v) is 3.89. The molecule has 0 aliphatic carbocycles. The van der Waals surface area contributed by atoms with Gasteiger partial charge in [-0.05, 0) is 6.07 Å². The lowest BCUT2D eigenvalue weighted by atomic mass is 10.1. The van der Waals surface area contributed by atoms with Gasteiger partial charge in [0.15, 0.2) is 6.33 Å². The Morgan fingerprint density at radius 1 is 1.38 bits per heavy atom. The van der Waals surface area contributed by atoms with Gasteiger partial charge in [-0.25, -0.2) is 8.96 Å². The number of nitrogen functional groups attached to an aromatic ring is 1. The summed E-state index contributed by atoms with van der Waals surface area (Å²) in [5.74, 6) is -0.739. The largest absolute Gasteiger partial charge is 0.756 e. The molecule has 1 fully saturated rings. The lowest BCUT2D eigenvalue weighted by Crippen LogP contribution is -2.46. The van der Waals surface area contributed by atoms with Gasteiger partial charge in [-0.2, -0.15) is 0 Å². The average Bonchev–Trinajstić information content (AvgIpc) is 3.19. The minimum absolute atomic E-state index is 0.00754. The number of imidazole rings is 1. The van der Waals surface area contributed by atoms with Crippen LogP contribution in [0.2, 0.25) is 0 Å². The van der Waals surface area contributed by atoms with Crippen LogP contribution in [0.15, 0.2) is 35.4 Å². The Morgan fingerprint density at radius 3 is 2.78 bits per heavy atom. The van der Waals surface area contributed by atoms with Gasteiger partial charge in [-0.3, -0.25) is 18.9 Å². The number of anilines is 1. The summed E-state index contributed by atoms with van der Waals surface area (Å²) in [6.45, 7) is -0.844. The van der Waals surface area contributed by atoms with Crippen molar-refractivity contribution in [2.24, 2.45) is 0 Å². The first-order valence-electron chi connectivity index (χ1n) is 9.28. The molecule has 2 aromatic heterocycles. The molecule has 0 radical (unpaired) electrons. The maximum atomic E-state index is 14.2. The Hall–Kier alpha value is -2.71. The van der Waals surface area contributed by atoms with Crippen molar-refractivity contribution in [2.45, 2.75) is 31.1 Å². The highest BCUT2D eigenvalue weighted by molar-refractivity contribution is 7.44. The molecule has 32 heavy (non-hydrogen) atoms. The molecule has 1 unspecified atom stereocenters. The zero-order valence-electron chi connectivity index (χ0n) is 16.2. The number of rotatable bonds is 6. The third-order valence-corrected chi connectivity index (χ3v) is 5.48. The molecule has 0 spiro atoms. The summed E-state index contributed by atoms with van der Waals surface area (Å²) >= 11 is 0. The molecule has 13 nitrogen and oxygen atoms in total. The van der Waals surface area contributed by atoms with Crippen LogP contribution in [0, 0.1) is 5.82 Å². The molecule has 1 aromatic carbocycles. The molecule has 1 aliphatic rings. The molecular formula is C17H19FN5O8P. The fraction of sp³-hybridized carbons (Fsp3) is 0.353. The van der Waals surface area contributed by atoms with Crippen LogP contribution in [-0.4, -0.2) is 54.6 Å². The van der Waals surface area contributed by atoms with E-state index in [1.165, 1.54) is 33.7 Å². The van der Waals surface area contributed by atoms with Crippen molar-refractivity contribution in [2.75, 3.05) is 12.3 Å². The number of nitrogens with two attached hydrogens (primary N) is 1. The van der Waals surface area contributed by atoms with Crippen molar-refractivity contribution >= 4 is 24.9 Å². The Labute approximate surface area is 178 Å². The average molecular weight is 471 g/mol. The monoisotopic (exact) mass is 471 g/mol. The minimum Gasteiger partial charge on any atom is -0.756 e. The standard InChI is InChI=1S/C17H19FN5O8P/c18-9-4-2-1-3-8(9)5-22-7-23(14-11(22)15(26)21-17(19)20-14)16-13(25)12(24)10(31-16)6-30-32(27,28)29/h1-4,7,10,12-13,16,24-25H,5-6H2,(H4-,19,20,21,26,27,28,29)/t10-,12-,13-,16-/m1/s1. The SMILES string of the molecule is Nc1nc2c(c(=O)[nH]1)n(Cc1ccccc1F)c[n+]2[C@@H]1O[C@H](COP(=O)([O-])O)[C@@H](O)[C@H]1O. The van der Waals surface area contributed by atoms with Gasteiger partial charge in [-0.15, -0.1) is 0 Å². The summed E-state index contributed by atoms with van der Waals surface area (Å²) in [6, 6.07) is 5.93. The molecule has 4 rings (SSSR count). The number of H-pyrrole nitrogens is 1. The topological polar surface area (TPSA) is 200 Å². The number of aromatic nitrogens is 4. The molecule has 3 aromatic rings. The lowest BCUT2D eigenvalue weighted by Gasteiger charge is -2.19. The van der Waals surface area contributed by atoms with E-state index in [9.17, 15) is 28.9 Å². The van der Waals surface area contributed by atoms with Gasteiger partial charge in [0.05, 0.1) is 13.2 Å². The van der Waals surface area contributed by atoms with Gasteiger partial charge in [0.1, 0.15) is 24.1 Å². The molecule has 5 atom stereocenters. The Morgan fingerprint density at radius 2 is 2.09 bits per heavy atom. The van der Waals surface area contributed by atoms with E-state index >= 15 is 0 Å². The molecule has 1 aliphatic heterocycles. The number of ether oxygens (including phenoxy) is 1. The second-order valence-corrected chi connectivity index (χ2v) is 8.37. The van der Waals surface area contributed by atoms with E-state index in [-0.39, 0.29) is 29.2 Å². The first-order valence-corrected chi connectivity index (χ1v) is 10.8. The summed E-state index contributed by atoms with van der Waals surface area (Å²) in [7, 11) is -5.09. The van der Waals surface area contributed by atoms with E-state index in [4.69, 9.17) is 15.4 Å². The molecule has 0 amide bonds. The lowest BCUT2D eigenvalue weighted by molar-refractivity contribution is -0.745. The van der Waals surface area contributed by atoms with E-state index in [0.717, 1.165) is 0 Å². The van der Waals surface area contributed by atoms with Crippen LogP contribution in [0.3, 0.4) is 0 Å². The van der Waals surface area contributed by atoms with Gasteiger partial charge in [-0.1, -0.05) is 23.2 Å². The number of halogens is 1. The third-order valence-electron chi connectivity index (χ3n) is 5.00. The van der Waals surface area contributed by atoms with Gasteiger partial charge >= 0.3 is 5.65 Å². The van der Waals surface area contributed by atoms with E-state index in [1.54, 1.807) is 6.07 Å². The summed E-state index contributed by atoms with van der Waals surface area (Å²) < 4.78 is 37.4. The predicted molar refractivity (Wildman–Crippen MR) is 102 cm³/mol. The van der Waals surface area contributed by atoms with Crippen LogP contribution in [0.4, 0.5) is 10.3 Å². The molecule has 0 bridgehead atoms. The normalized spacial score (nSPS) is 25.3. The minimum atomic E-state index is -5.09. The quantitative estimate of drug-likeness (QED) is 0.195. The first kappa shape index (κ1) is 22.5. The van der Waals surface area contributed by atoms with Crippen LogP contribution >= 0.6 is 7.82 Å². The maximum absolute atomic E-state index is 14.2. The van der Waals surface area contributed by atoms with E-state index in [2.05, 4.69) is 14.5 Å². The van der Waals surface area contributed by atoms with Crippen LogP contribution in [0.1, 0.15) is 11.8 Å². The zero-order valence-corrected chi connectivity index (χ0v) is 17.1. The number of hydrogen-bond acceptors (Lipinski definition) is 9. The molecule has 0 saturated carbocycles. The van der Waals surface area contributed by atoms with Crippen LogP contribution in [0.25, 0.3) is 11.2 Å². The zero-order chi connectivity index (χ0) is 23.2. The maximum Gasteiger partial charge on any atom is 0.313 e. The summed E-state index contributed by atoms with van der Waals surface area (Å²) in [6.07, 6.45) is -4.52. The number of phosphoric ester groups is 1. The highest BCUT2D eigenvalue weighted by atomic mass is 31.2. The summed E-state index contributed by atoms with van der Waals surface area (Å²) in [4.78, 5) is 38.6. The van der Waals surface area contributed by atoms with Crippen LogP contribution in [0.5, 0.6) is 0 Å². The number of phosphoric acid groups is 1. The van der Waals surface area contributed by atoms with Crippen molar-refractivity contribution < 1.29 is 42.8 Å². The number of nitrogens with one attached hydrogen (secondary N) is 1. The Kier molecular flexibility index (Phi) is 5.85. The van der Waals surface area contributed by atoms with Crippen molar-refractivity contribution in [1.29, 1.82) is 0 Å². The summed E-state index contributed by atoms with van der Waals surface area (Å²) in [5, 5.41) is 20.7. The number of nitrogens with zero attached hydrogens (tertiary/aromatic N) is 3. The number of hydrogen-bond donors (Lipinski definition) is 5. The number of aliphatic hydroxyl groups is 2. The Balaban J connectivity index is 1.75. The third kappa shape index (κ3) is 4.29. The number of benzene rings is 1. The number of fused-ring (bicyclic) bond motifs is 1. The van der Waals surface area contributed by atoms with Gasteiger partial charge in [0, 0.05) is 5.56 Å². The molecule has 172 valence electrons. The van der Waals surface area contributed by atoms with Crippen molar-refractivity contribution in [3.8, 4) is 0 Å². The van der Waals surface area contributed by atoms with Crippen molar-refractivity contribution in [3.05, 3.63) is 52.3 Å². The van der Waals surface area contributed by atoms with E-state index in [1.807, 2.05) is 0 Å². The van der Waals surface area contributed by atoms with E-state index < -0.39 is 50.3 Å².